The van der Waals surface area contributed by atoms with E-state index in [0.717, 1.165) is 18.2 Å². The lowest BCUT2D eigenvalue weighted by atomic mass is 10.1. The van der Waals surface area contributed by atoms with Gasteiger partial charge in [-0.15, -0.1) is 0 Å². The minimum atomic E-state index is -1.15. The third-order valence-electron chi connectivity index (χ3n) is 1.72. The van der Waals surface area contributed by atoms with Gasteiger partial charge in [0.05, 0.1) is 6.10 Å². The van der Waals surface area contributed by atoms with Crippen LogP contribution in [0.4, 0.5) is 8.78 Å². The van der Waals surface area contributed by atoms with Gasteiger partial charge in [0, 0.05) is 18.6 Å². The van der Waals surface area contributed by atoms with E-state index in [4.69, 9.17) is 5.11 Å². The van der Waals surface area contributed by atoms with Crippen molar-refractivity contribution in [2.45, 2.75) is 12.5 Å². The van der Waals surface area contributed by atoms with Crippen molar-refractivity contribution < 1.29 is 19.0 Å². The van der Waals surface area contributed by atoms with Gasteiger partial charge in [0.15, 0.2) is 0 Å². The maximum absolute atomic E-state index is 12.9. The van der Waals surface area contributed by atoms with Crippen molar-refractivity contribution in [2.75, 3.05) is 6.61 Å². The summed E-state index contributed by atoms with van der Waals surface area (Å²) in [6.07, 6.45) is -1.15. The molecule has 0 amide bonds. The zero-order chi connectivity index (χ0) is 9.84. The molecule has 0 saturated heterocycles. The highest BCUT2D eigenvalue weighted by Gasteiger charge is 2.12. The van der Waals surface area contributed by atoms with Crippen molar-refractivity contribution in [3.63, 3.8) is 0 Å². The Balaban J connectivity index is 2.91. The number of rotatable bonds is 3. The Hall–Kier alpha value is -1.00. The molecule has 1 aromatic carbocycles. The zero-order valence-corrected chi connectivity index (χ0v) is 6.87. The van der Waals surface area contributed by atoms with Gasteiger partial charge in [-0.25, -0.2) is 8.78 Å². The molecule has 2 nitrogen and oxygen atoms in total. The molecular formula is C9H10F2O2. The Bertz CT molecular complexity index is 289. The van der Waals surface area contributed by atoms with Crippen LogP contribution in [0.2, 0.25) is 0 Å². The SMILES string of the molecule is OCC[C@H](O)c1cc(F)ccc1F. The van der Waals surface area contributed by atoms with Crippen LogP contribution in [0.3, 0.4) is 0 Å². The molecule has 0 saturated carbocycles. The number of hydrogen-bond donors (Lipinski definition) is 2. The number of benzene rings is 1. The van der Waals surface area contributed by atoms with Crippen molar-refractivity contribution in [1.29, 1.82) is 0 Å². The summed E-state index contributed by atoms with van der Waals surface area (Å²) in [5.41, 5.74) is -0.117. The maximum Gasteiger partial charge on any atom is 0.129 e. The van der Waals surface area contributed by atoms with Crippen molar-refractivity contribution in [3.8, 4) is 0 Å². The molecule has 1 atom stereocenters. The molecule has 0 aliphatic heterocycles. The molecule has 1 aromatic rings. The Morgan fingerprint density at radius 3 is 2.62 bits per heavy atom. The molecule has 1 rings (SSSR count). The Labute approximate surface area is 74.4 Å². The zero-order valence-electron chi connectivity index (χ0n) is 6.87. The van der Waals surface area contributed by atoms with E-state index >= 15 is 0 Å². The van der Waals surface area contributed by atoms with E-state index < -0.39 is 17.7 Å². The van der Waals surface area contributed by atoms with E-state index in [1.165, 1.54) is 0 Å². The molecule has 0 fully saturated rings. The molecule has 13 heavy (non-hydrogen) atoms. The van der Waals surface area contributed by atoms with Crippen LogP contribution >= 0.6 is 0 Å². The fraction of sp³-hybridized carbons (Fsp3) is 0.333. The first-order valence-corrected chi connectivity index (χ1v) is 3.89. The van der Waals surface area contributed by atoms with Gasteiger partial charge in [-0.1, -0.05) is 0 Å². The lowest BCUT2D eigenvalue weighted by Crippen LogP contribution is -2.03. The van der Waals surface area contributed by atoms with E-state index in [9.17, 15) is 13.9 Å². The summed E-state index contributed by atoms with van der Waals surface area (Å²) in [7, 11) is 0. The number of aliphatic hydroxyl groups excluding tert-OH is 2. The van der Waals surface area contributed by atoms with Crippen molar-refractivity contribution in [1.82, 2.24) is 0 Å². The normalized spacial score (nSPS) is 12.9. The molecule has 72 valence electrons. The van der Waals surface area contributed by atoms with Gasteiger partial charge < -0.3 is 10.2 Å². The fourth-order valence-corrected chi connectivity index (χ4v) is 1.05. The highest BCUT2D eigenvalue weighted by atomic mass is 19.1. The third kappa shape index (κ3) is 2.47. The van der Waals surface area contributed by atoms with Gasteiger partial charge in [0.25, 0.3) is 0 Å². The molecule has 0 spiro atoms. The lowest BCUT2D eigenvalue weighted by Gasteiger charge is -2.09. The molecular weight excluding hydrogens is 178 g/mol. The standard InChI is InChI=1S/C9H10F2O2/c10-6-1-2-8(11)7(5-6)9(13)3-4-12/h1-2,5,9,12-13H,3-4H2/t9-/m0/s1. The topological polar surface area (TPSA) is 40.5 Å². The number of halogens is 2. The Morgan fingerprint density at radius 1 is 1.31 bits per heavy atom. The molecule has 0 aliphatic rings. The average Bonchev–Trinajstić information content (AvgIpc) is 2.09. The highest BCUT2D eigenvalue weighted by Crippen LogP contribution is 2.20. The summed E-state index contributed by atoms with van der Waals surface area (Å²) in [5.74, 6) is -1.27. The first kappa shape index (κ1) is 10.1. The van der Waals surface area contributed by atoms with Gasteiger partial charge in [-0.05, 0) is 18.2 Å². The number of aliphatic hydroxyl groups is 2. The first-order chi connectivity index (χ1) is 6.15. The predicted octanol–water partition coefficient (Wildman–Crippen LogP) is 1.38. The van der Waals surface area contributed by atoms with Crippen molar-refractivity contribution >= 4 is 0 Å². The van der Waals surface area contributed by atoms with Gasteiger partial charge in [0.1, 0.15) is 11.6 Å². The summed E-state index contributed by atoms with van der Waals surface area (Å²) >= 11 is 0. The third-order valence-corrected chi connectivity index (χ3v) is 1.72. The van der Waals surface area contributed by atoms with E-state index in [2.05, 4.69) is 0 Å². The van der Waals surface area contributed by atoms with E-state index in [1.807, 2.05) is 0 Å². The summed E-state index contributed by atoms with van der Waals surface area (Å²) < 4.78 is 25.5. The van der Waals surface area contributed by atoms with Crippen LogP contribution in [0.25, 0.3) is 0 Å². The van der Waals surface area contributed by atoms with Crippen molar-refractivity contribution in [2.24, 2.45) is 0 Å². The van der Waals surface area contributed by atoms with Crippen LogP contribution in [0.5, 0.6) is 0 Å². The summed E-state index contributed by atoms with van der Waals surface area (Å²) in [4.78, 5) is 0. The summed E-state index contributed by atoms with van der Waals surface area (Å²) in [6.45, 7) is -0.267. The maximum atomic E-state index is 12.9. The van der Waals surface area contributed by atoms with Crippen LogP contribution in [0.1, 0.15) is 18.1 Å². The Morgan fingerprint density at radius 2 is 2.00 bits per heavy atom. The fourth-order valence-electron chi connectivity index (χ4n) is 1.05. The van der Waals surface area contributed by atoms with Crippen LogP contribution in [0, 0.1) is 11.6 Å². The van der Waals surface area contributed by atoms with Gasteiger partial charge in [0.2, 0.25) is 0 Å². The molecule has 0 radical (unpaired) electrons. The second-order valence-electron chi connectivity index (χ2n) is 2.69. The molecule has 0 aromatic heterocycles. The Kier molecular flexibility index (Phi) is 3.33. The largest absolute Gasteiger partial charge is 0.396 e. The number of hydrogen-bond acceptors (Lipinski definition) is 2. The predicted molar refractivity (Wildman–Crippen MR) is 43.0 cm³/mol. The van der Waals surface area contributed by atoms with Crippen LogP contribution in [0.15, 0.2) is 18.2 Å². The van der Waals surface area contributed by atoms with Gasteiger partial charge in [-0.2, -0.15) is 0 Å². The van der Waals surface area contributed by atoms with E-state index in [0.29, 0.717) is 0 Å². The first-order valence-electron chi connectivity index (χ1n) is 3.89. The molecule has 2 N–H and O–H groups in total. The van der Waals surface area contributed by atoms with E-state index in [1.54, 1.807) is 0 Å². The molecule has 4 heteroatoms. The van der Waals surface area contributed by atoms with Crippen molar-refractivity contribution in [3.05, 3.63) is 35.4 Å². The van der Waals surface area contributed by atoms with Crippen LogP contribution < -0.4 is 0 Å². The summed E-state index contributed by atoms with van der Waals surface area (Å²) in [6, 6.07) is 2.85. The quantitative estimate of drug-likeness (QED) is 0.752. The molecule has 0 unspecified atom stereocenters. The molecule has 0 aliphatic carbocycles. The molecule has 0 bridgehead atoms. The summed E-state index contributed by atoms with van der Waals surface area (Å²) in [5, 5.41) is 17.7. The second kappa shape index (κ2) is 4.30. The lowest BCUT2D eigenvalue weighted by molar-refractivity contribution is 0.130. The van der Waals surface area contributed by atoms with Gasteiger partial charge >= 0.3 is 0 Å². The minimum absolute atomic E-state index is 0.000370. The smallest absolute Gasteiger partial charge is 0.129 e. The molecule has 0 heterocycles. The van der Waals surface area contributed by atoms with Crippen LogP contribution in [-0.4, -0.2) is 16.8 Å². The second-order valence-corrected chi connectivity index (χ2v) is 2.69. The van der Waals surface area contributed by atoms with E-state index in [-0.39, 0.29) is 18.6 Å². The monoisotopic (exact) mass is 188 g/mol. The highest BCUT2D eigenvalue weighted by molar-refractivity contribution is 5.20. The average molecular weight is 188 g/mol. The van der Waals surface area contributed by atoms with Gasteiger partial charge in [-0.3, -0.25) is 0 Å². The van der Waals surface area contributed by atoms with Crippen LogP contribution in [-0.2, 0) is 0 Å². The minimum Gasteiger partial charge on any atom is -0.396 e.